The van der Waals surface area contributed by atoms with Crippen molar-refractivity contribution in [1.82, 2.24) is 0 Å². The smallest absolute Gasteiger partial charge is 0.137 e. The minimum absolute atomic E-state index is 0.213. The van der Waals surface area contributed by atoms with Crippen LogP contribution < -0.4 is 0 Å². The van der Waals surface area contributed by atoms with E-state index in [4.69, 9.17) is 0 Å². The van der Waals surface area contributed by atoms with Crippen LogP contribution in [0.4, 0.5) is 4.39 Å². The van der Waals surface area contributed by atoms with Crippen molar-refractivity contribution in [1.29, 1.82) is 0 Å². The van der Waals surface area contributed by atoms with E-state index >= 15 is 0 Å². The van der Waals surface area contributed by atoms with Gasteiger partial charge < -0.3 is 0 Å². The molecule has 0 saturated heterocycles. The van der Waals surface area contributed by atoms with Gasteiger partial charge in [0, 0.05) is 15.1 Å². The van der Waals surface area contributed by atoms with Gasteiger partial charge in [0.25, 0.3) is 0 Å². The predicted octanol–water partition coefficient (Wildman–Crippen LogP) is 5.64. The Morgan fingerprint density at radius 3 is 2.53 bits per heavy atom. The summed E-state index contributed by atoms with van der Waals surface area (Å²) < 4.78 is 14.9. The summed E-state index contributed by atoms with van der Waals surface area (Å²) in [7, 11) is 0. The highest BCUT2D eigenvalue weighted by Gasteiger charge is 2.06. The topological polar surface area (TPSA) is 0 Å². The Balaban J connectivity index is 2.13. The zero-order valence-corrected chi connectivity index (χ0v) is 12.8. The molecular weight excluding hydrogens is 367 g/mol. The monoisotopic (exact) mass is 374 g/mol. The van der Waals surface area contributed by atoms with Crippen molar-refractivity contribution in [2.24, 2.45) is 0 Å². The Hall–Kier alpha value is -0.320. The first-order chi connectivity index (χ1) is 8.18. The van der Waals surface area contributed by atoms with E-state index in [1.807, 2.05) is 30.3 Å². The lowest BCUT2D eigenvalue weighted by Crippen LogP contribution is -1.87. The largest absolute Gasteiger partial charge is 0.206 e. The van der Waals surface area contributed by atoms with Crippen molar-refractivity contribution in [3.63, 3.8) is 0 Å². The summed E-state index contributed by atoms with van der Waals surface area (Å²) in [5.74, 6) is 0.524. The molecule has 0 aliphatic heterocycles. The molecule has 0 fully saturated rings. The standard InChI is InChI=1S/C13H9Br2FS/c14-10-5-1-2-7-12(10)17-8-9-4-3-6-11(16)13(9)15/h1-7H,8H2. The van der Waals surface area contributed by atoms with Crippen molar-refractivity contribution in [3.8, 4) is 0 Å². The van der Waals surface area contributed by atoms with Crippen LogP contribution >= 0.6 is 43.6 Å². The number of halogens is 3. The third kappa shape index (κ3) is 3.33. The number of benzene rings is 2. The maximum absolute atomic E-state index is 13.3. The molecule has 0 amide bonds. The van der Waals surface area contributed by atoms with Gasteiger partial charge in [0.1, 0.15) is 5.82 Å². The Bertz CT molecular complexity index is 529. The van der Waals surface area contributed by atoms with Gasteiger partial charge in [-0.15, -0.1) is 11.8 Å². The minimum Gasteiger partial charge on any atom is -0.206 e. The van der Waals surface area contributed by atoms with Crippen molar-refractivity contribution in [2.45, 2.75) is 10.6 Å². The van der Waals surface area contributed by atoms with Gasteiger partial charge in [-0.2, -0.15) is 0 Å². The van der Waals surface area contributed by atoms with Crippen LogP contribution in [0.1, 0.15) is 5.56 Å². The summed E-state index contributed by atoms with van der Waals surface area (Å²) in [6.07, 6.45) is 0. The molecule has 17 heavy (non-hydrogen) atoms. The number of hydrogen-bond acceptors (Lipinski definition) is 1. The average Bonchev–Trinajstić information content (AvgIpc) is 2.33. The highest BCUT2D eigenvalue weighted by molar-refractivity contribution is 9.10. The van der Waals surface area contributed by atoms with Crippen LogP contribution in [0.15, 0.2) is 56.3 Å². The third-order valence-electron chi connectivity index (χ3n) is 2.25. The maximum Gasteiger partial charge on any atom is 0.137 e. The van der Waals surface area contributed by atoms with Crippen molar-refractivity contribution >= 4 is 43.6 Å². The lowest BCUT2D eigenvalue weighted by atomic mass is 10.2. The summed E-state index contributed by atoms with van der Waals surface area (Å²) in [5, 5.41) is 0. The van der Waals surface area contributed by atoms with Crippen LogP contribution in [0.5, 0.6) is 0 Å². The fourth-order valence-electron chi connectivity index (χ4n) is 1.38. The molecule has 0 nitrogen and oxygen atoms in total. The second-order valence-electron chi connectivity index (χ2n) is 3.43. The van der Waals surface area contributed by atoms with E-state index in [-0.39, 0.29) is 5.82 Å². The average molecular weight is 376 g/mol. The molecule has 0 atom stereocenters. The summed E-state index contributed by atoms with van der Waals surface area (Å²) in [6.45, 7) is 0. The normalized spacial score (nSPS) is 10.5. The molecule has 4 heteroatoms. The fraction of sp³-hybridized carbons (Fsp3) is 0.0769. The lowest BCUT2D eigenvalue weighted by molar-refractivity contribution is 0.619. The van der Waals surface area contributed by atoms with E-state index in [1.165, 1.54) is 6.07 Å². The molecule has 0 radical (unpaired) electrons. The molecule has 88 valence electrons. The molecule has 0 unspecified atom stereocenters. The van der Waals surface area contributed by atoms with Crippen LogP contribution in [0.25, 0.3) is 0 Å². The van der Waals surface area contributed by atoms with E-state index < -0.39 is 0 Å². The molecule has 2 rings (SSSR count). The first-order valence-electron chi connectivity index (χ1n) is 4.98. The minimum atomic E-state index is -0.213. The summed E-state index contributed by atoms with van der Waals surface area (Å²) >= 11 is 8.45. The van der Waals surface area contributed by atoms with Crippen LogP contribution in [-0.2, 0) is 5.75 Å². The van der Waals surface area contributed by atoms with Crippen LogP contribution in [0.3, 0.4) is 0 Å². The molecule has 0 heterocycles. The van der Waals surface area contributed by atoms with Gasteiger partial charge in [-0.3, -0.25) is 0 Å². The molecule has 2 aromatic rings. The van der Waals surface area contributed by atoms with Gasteiger partial charge in [0.05, 0.1) is 4.47 Å². The highest BCUT2D eigenvalue weighted by atomic mass is 79.9. The number of hydrogen-bond donors (Lipinski definition) is 0. The first-order valence-corrected chi connectivity index (χ1v) is 7.56. The zero-order valence-electron chi connectivity index (χ0n) is 8.79. The number of thioether (sulfide) groups is 1. The van der Waals surface area contributed by atoms with Gasteiger partial charge in [-0.25, -0.2) is 4.39 Å². The second kappa shape index (κ2) is 6.03. The Morgan fingerprint density at radius 1 is 1.00 bits per heavy atom. The molecular formula is C13H9Br2FS. The molecule has 0 aromatic heterocycles. The maximum atomic E-state index is 13.3. The van der Waals surface area contributed by atoms with Crippen molar-refractivity contribution in [2.75, 3.05) is 0 Å². The Morgan fingerprint density at radius 2 is 1.76 bits per heavy atom. The van der Waals surface area contributed by atoms with Gasteiger partial charge in [-0.05, 0) is 55.6 Å². The van der Waals surface area contributed by atoms with Gasteiger partial charge in [0.15, 0.2) is 0 Å². The first kappa shape index (κ1) is 13.1. The quantitative estimate of drug-likeness (QED) is 0.625. The molecule has 0 aliphatic rings. The van der Waals surface area contributed by atoms with Gasteiger partial charge >= 0.3 is 0 Å². The summed E-state index contributed by atoms with van der Waals surface area (Å²) in [6, 6.07) is 13.1. The molecule has 0 aliphatic carbocycles. The van der Waals surface area contributed by atoms with E-state index in [9.17, 15) is 4.39 Å². The van der Waals surface area contributed by atoms with Crippen LogP contribution in [0.2, 0.25) is 0 Å². The Labute approximate surface area is 121 Å². The lowest BCUT2D eigenvalue weighted by Gasteiger charge is -2.06. The molecule has 0 saturated carbocycles. The van der Waals surface area contributed by atoms with Crippen molar-refractivity contribution in [3.05, 3.63) is 62.8 Å². The summed E-state index contributed by atoms with van der Waals surface area (Å²) in [4.78, 5) is 1.16. The highest BCUT2D eigenvalue weighted by Crippen LogP contribution is 2.32. The van der Waals surface area contributed by atoms with E-state index in [0.29, 0.717) is 4.47 Å². The van der Waals surface area contributed by atoms with Crippen molar-refractivity contribution < 1.29 is 4.39 Å². The second-order valence-corrected chi connectivity index (χ2v) is 6.10. The van der Waals surface area contributed by atoms with Gasteiger partial charge in [0.2, 0.25) is 0 Å². The van der Waals surface area contributed by atoms with Crippen LogP contribution in [0, 0.1) is 5.82 Å². The fourth-order valence-corrected chi connectivity index (χ4v) is 3.53. The van der Waals surface area contributed by atoms with E-state index in [0.717, 1.165) is 20.7 Å². The van der Waals surface area contributed by atoms with Gasteiger partial charge in [-0.1, -0.05) is 24.3 Å². The molecule has 0 bridgehead atoms. The predicted molar refractivity (Wildman–Crippen MR) is 77.8 cm³/mol. The zero-order chi connectivity index (χ0) is 12.3. The molecule has 0 spiro atoms. The molecule has 2 aromatic carbocycles. The third-order valence-corrected chi connectivity index (χ3v) is 5.22. The van der Waals surface area contributed by atoms with Crippen LogP contribution in [-0.4, -0.2) is 0 Å². The SMILES string of the molecule is Fc1cccc(CSc2ccccc2Br)c1Br. The summed E-state index contributed by atoms with van der Waals surface area (Å²) in [5.41, 5.74) is 0.964. The Kier molecular flexibility index (Phi) is 4.65. The number of rotatable bonds is 3. The molecule has 0 N–H and O–H groups in total. The van der Waals surface area contributed by atoms with E-state index in [2.05, 4.69) is 31.9 Å². The van der Waals surface area contributed by atoms with E-state index in [1.54, 1.807) is 17.8 Å².